The standard InChI is InChI=1S/C31H34F3N3O4S.C29H32F3N3O4.C29H32F3N3O2/c1-17-11-20(14-26(35)31(17)41-2)22-5-8-36-16-21(22)15-28(38)27-4-3-23(32)30(37-27)29-24(33)12-19(13-25(29)34)18-6-9-42(39,40)10-7-18;1-16-10-17(11-24(33)29(16)38-3)20-6-7-34-15-18(20)12-26(36)25-5-4-21(30)28(35-25)27-22(31)13-19(14-23(27)32)39-9-8-37-2;1-15(2)17-10-22(31)27(23(32)11-17)28-21(30)5-6-25(35-28)26(36)13-19-14-34-8-7-20(19)18-9-16(3)29(37-4)24(33)12-18/h3-5,8,12-13,16-18,20,26,31H,6-7,9-11,14-15,35H2,1-2H3;4-7,13-17,24,29H,8-12,33H2,1-3H3;5-8,10-11,14-16,18,24,29H,9,12-13,33H2,1-4H3/t17-,20+,26+,31-;16-,17+,24+,29-;16-,18+,24+,29-/m000/s1. The number of aromatic nitrogens is 6. The van der Waals surface area contributed by atoms with Crippen LogP contribution < -0.4 is 21.9 Å². The van der Waals surface area contributed by atoms with E-state index in [9.17, 15) is 53.5 Å². The van der Waals surface area contributed by atoms with Crippen LogP contribution in [0.1, 0.15) is 192 Å². The lowest BCUT2D eigenvalue weighted by Gasteiger charge is -2.38. The second-order valence-corrected chi connectivity index (χ2v) is 33.8. The number of sulfone groups is 1. The van der Waals surface area contributed by atoms with Crippen LogP contribution in [0.25, 0.3) is 33.8 Å². The molecule has 29 heteroatoms. The van der Waals surface area contributed by atoms with Gasteiger partial charge in [-0.15, -0.1) is 0 Å². The second kappa shape index (κ2) is 39.5. The topological polar surface area (TPSA) is 287 Å². The molecule has 12 atom stereocenters. The Kier molecular flexibility index (Phi) is 29.9. The number of methoxy groups -OCH3 is 4. The molecule has 7 heterocycles. The Bertz CT molecular complexity index is 5110. The van der Waals surface area contributed by atoms with Crippen molar-refractivity contribution in [1.82, 2.24) is 29.9 Å². The minimum Gasteiger partial charge on any atom is -0.491 e. The van der Waals surface area contributed by atoms with Gasteiger partial charge in [-0.1, -0.05) is 34.6 Å². The Balaban J connectivity index is 0.000000174. The lowest BCUT2D eigenvalue weighted by Crippen LogP contribution is -2.46. The minimum atomic E-state index is -3.15. The van der Waals surface area contributed by atoms with E-state index in [0.717, 1.165) is 84.0 Å². The number of benzene rings is 3. The van der Waals surface area contributed by atoms with E-state index in [1.807, 2.05) is 18.2 Å². The molecule has 3 aliphatic carbocycles. The molecular weight excluding hydrogens is 1560 g/mol. The predicted octanol–water partition coefficient (Wildman–Crippen LogP) is 16.0. The van der Waals surface area contributed by atoms with Gasteiger partial charge in [-0.25, -0.2) is 62.9 Å². The van der Waals surface area contributed by atoms with Crippen molar-refractivity contribution in [2.75, 3.05) is 53.2 Å². The van der Waals surface area contributed by atoms with Gasteiger partial charge in [0.2, 0.25) is 0 Å². The lowest BCUT2D eigenvalue weighted by molar-refractivity contribution is 0.00969. The van der Waals surface area contributed by atoms with Gasteiger partial charge in [-0.05, 0) is 222 Å². The number of ether oxygens (including phenoxy) is 5. The van der Waals surface area contributed by atoms with Crippen LogP contribution in [0.15, 0.2) is 128 Å². The van der Waals surface area contributed by atoms with Crippen LogP contribution in [0, 0.1) is 70.1 Å². The first-order chi connectivity index (χ1) is 56.3. The van der Waals surface area contributed by atoms with E-state index >= 15 is 8.78 Å². The number of hydrogen-bond acceptors (Lipinski definition) is 19. The zero-order valence-corrected chi connectivity index (χ0v) is 67.9. The summed E-state index contributed by atoms with van der Waals surface area (Å²) < 4.78 is 184. The molecule has 9 aromatic rings. The van der Waals surface area contributed by atoms with E-state index in [4.69, 9.17) is 40.9 Å². The van der Waals surface area contributed by atoms with E-state index in [1.165, 1.54) is 37.4 Å². The van der Waals surface area contributed by atoms with Crippen molar-refractivity contribution in [3.63, 3.8) is 0 Å². The first-order valence-corrected chi connectivity index (χ1v) is 41.2. The molecule has 4 fully saturated rings. The number of Topliss-reactive ketones (excluding diaryl/α,β-unsaturated/α-hetero) is 3. The number of ketones is 3. The molecule has 1 aliphatic heterocycles. The maximum absolute atomic E-state index is 15.3. The number of carbonyl (C=O) groups excluding carboxylic acids is 3. The van der Waals surface area contributed by atoms with Crippen molar-refractivity contribution in [3.05, 3.63) is 242 Å². The van der Waals surface area contributed by atoms with Crippen molar-refractivity contribution in [1.29, 1.82) is 0 Å². The Morgan fingerprint density at radius 3 is 1.06 bits per heavy atom. The molecule has 3 aromatic carbocycles. The van der Waals surface area contributed by atoms with Gasteiger partial charge >= 0.3 is 0 Å². The number of carbonyl (C=O) groups is 3. The highest BCUT2D eigenvalue weighted by Crippen LogP contribution is 2.44. The highest BCUT2D eigenvalue weighted by atomic mass is 32.2. The molecule has 6 aromatic heterocycles. The highest BCUT2D eigenvalue weighted by molar-refractivity contribution is 7.91. The van der Waals surface area contributed by atoms with Crippen LogP contribution in [0.3, 0.4) is 0 Å². The van der Waals surface area contributed by atoms with Crippen LogP contribution >= 0.6 is 0 Å². The number of rotatable bonds is 24. The zero-order chi connectivity index (χ0) is 85.1. The molecule has 118 heavy (non-hydrogen) atoms. The van der Waals surface area contributed by atoms with Crippen molar-refractivity contribution in [2.24, 2.45) is 35.0 Å². The summed E-state index contributed by atoms with van der Waals surface area (Å²) in [5, 5.41) is 0. The van der Waals surface area contributed by atoms with E-state index in [-0.39, 0.29) is 163 Å². The van der Waals surface area contributed by atoms with Crippen molar-refractivity contribution in [2.45, 2.75) is 171 Å². The Morgan fingerprint density at radius 1 is 0.432 bits per heavy atom. The van der Waals surface area contributed by atoms with E-state index in [1.54, 1.807) is 72.4 Å². The van der Waals surface area contributed by atoms with Crippen LogP contribution in [-0.2, 0) is 48.0 Å². The molecule has 628 valence electrons. The number of nitrogens with zero attached hydrogens (tertiary/aromatic N) is 6. The number of hydrogen-bond donors (Lipinski definition) is 3. The quantitative estimate of drug-likeness (QED) is 0.0288. The van der Waals surface area contributed by atoms with Crippen molar-refractivity contribution < 1.29 is 86.0 Å². The highest BCUT2D eigenvalue weighted by Gasteiger charge is 2.39. The van der Waals surface area contributed by atoms with Gasteiger partial charge in [-0.3, -0.25) is 29.3 Å². The fourth-order valence-electron chi connectivity index (χ4n) is 17.3. The first kappa shape index (κ1) is 89.2. The average Bonchev–Trinajstić information content (AvgIpc) is 0.790. The summed E-state index contributed by atoms with van der Waals surface area (Å²) in [4.78, 5) is 64.6. The molecule has 6 N–H and O–H groups in total. The third-order valence-corrected chi connectivity index (χ3v) is 24.8. The van der Waals surface area contributed by atoms with Gasteiger partial charge in [0.15, 0.2) is 17.3 Å². The fraction of sp³-hybridized carbons (Fsp3) is 0.427. The van der Waals surface area contributed by atoms with Gasteiger partial charge < -0.3 is 40.9 Å². The summed E-state index contributed by atoms with van der Waals surface area (Å²) in [6, 6.07) is 18.2. The van der Waals surface area contributed by atoms with Crippen LogP contribution in [0.2, 0.25) is 0 Å². The molecule has 0 spiro atoms. The number of pyridine rings is 6. The van der Waals surface area contributed by atoms with Gasteiger partial charge in [-0.2, -0.15) is 0 Å². The molecule has 19 nitrogen and oxygen atoms in total. The normalized spacial score (nSPS) is 22.5. The lowest BCUT2D eigenvalue weighted by atomic mass is 9.73. The van der Waals surface area contributed by atoms with Gasteiger partial charge in [0.1, 0.15) is 109 Å². The Hall–Kier alpha value is -9.59. The van der Waals surface area contributed by atoms with Gasteiger partial charge in [0, 0.05) is 115 Å². The van der Waals surface area contributed by atoms with E-state index < -0.39 is 113 Å². The molecule has 1 saturated heterocycles. The summed E-state index contributed by atoms with van der Waals surface area (Å²) in [7, 11) is 3.29. The summed E-state index contributed by atoms with van der Waals surface area (Å²) in [5.74, 6) is -9.78. The van der Waals surface area contributed by atoms with E-state index in [2.05, 4.69) is 50.7 Å². The Labute approximate surface area is 680 Å². The monoisotopic (exact) mass is 1660 g/mol. The number of nitrogens with two attached hydrogens (primary N) is 3. The third-order valence-electron chi connectivity index (χ3n) is 23.1. The summed E-state index contributed by atoms with van der Waals surface area (Å²) in [5.41, 5.74) is 20.9. The van der Waals surface area contributed by atoms with Crippen molar-refractivity contribution >= 4 is 27.2 Å². The Morgan fingerprint density at radius 2 is 0.754 bits per heavy atom. The largest absolute Gasteiger partial charge is 0.491 e. The molecule has 13 rings (SSSR count). The van der Waals surface area contributed by atoms with Crippen LogP contribution in [0.5, 0.6) is 5.75 Å². The molecule has 4 aliphatic rings. The second-order valence-electron chi connectivity index (χ2n) is 31.5. The molecule has 0 radical (unpaired) electrons. The van der Waals surface area contributed by atoms with Crippen molar-refractivity contribution in [3.8, 4) is 39.5 Å². The molecule has 3 saturated carbocycles. The van der Waals surface area contributed by atoms with E-state index in [0.29, 0.717) is 41.5 Å². The minimum absolute atomic E-state index is 0.0274. The third kappa shape index (κ3) is 21.0. The van der Waals surface area contributed by atoms with Crippen LogP contribution in [0.4, 0.5) is 39.5 Å². The SMILES string of the molecule is COCCOc1cc(F)c(-c2nc(C(=O)Cc3cnccc3[C@H]3C[C@@H](N)[C@@H](OC)[C@@H](C)C3)ccc2F)c(F)c1.CO[C@@H]1[C@H](N)C[C@H](c2ccncc2CC(=O)c2ccc(F)c(-c3c(F)cc(C(C)C)cc3F)n2)C[C@@H]1C.CO[C@@H]1[C@H](N)C[C@H](c2ccncc2CC(=O)c2ccc(F)c(-c3c(F)cc(C4CCS(=O)(=O)CC4)cc3F)n2)C[C@@H]1C. The molecule has 0 unspecified atom stereocenters. The molecular formula is C89H98F9N9O10S. The fourth-order valence-corrected chi connectivity index (χ4v) is 18.8. The van der Waals surface area contributed by atoms with Gasteiger partial charge in [0.25, 0.3) is 0 Å². The molecule has 0 amide bonds. The summed E-state index contributed by atoms with van der Waals surface area (Å²) in [6.45, 7) is 10.2. The average molecular weight is 1660 g/mol. The number of halogens is 9. The summed E-state index contributed by atoms with van der Waals surface area (Å²) in [6.07, 6.45) is 14.7. The molecule has 0 bridgehead atoms. The first-order valence-electron chi connectivity index (χ1n) is 39.3. The maximum Gasteiger partial charge on any atom is 0.185 e. The maximum atomic E-state index is 15.3. The summed E-state index contributed by atoms with van der Waals surface area (Å²) >= 11 is 0. The smallest absolute Gasteiger partial charge is 0.185 e. The van der Waals surface area contributed by atoms with Gasteiger partial charge in [0.05, 0.1) is 53.1 Å². The zero-order valence-electron chi connectivity index (χ0n) is 67.1. The van der Waals surface area contributed by atoms with Crippen LogP contribution in [-0.4, -0.2) is 145 Å². The predicted molar refractivity (Wildman–Crippen MR) is 427 cm³/mol.